The number of ether oxygens (including phenoxy) is 1. The zero-order chi connectivity index (χ0) is 15.2. The lowest BCUT2D eigenvalue weighted by atomic mass is 9.75. The van der Waals surface area contributed by atoms with E-state index in [2.05, 4.69) is 20.4 Å². The Morgan fingerprint density at radius 1 is 1.36 bits per heavy atom. The summed E-state index contributed by atoms with van der Waals surface area (Å²) in [5.41, 5.74) is 0.483. The molecule has 1 aliphatic carbocycles. The van der Waals surface area contributed by atoms with Gasteiger partial charge in [-0.2, -0.15) is 5.10 Å². The number of anilines is 1. The lowest BCUT2D eigenvalue weighted by molar-refractivity contribution is -0.135. The first-order chi connectivity index (χ1) is 10.7. The number of piperidine rings is 1. The number of nitrogens with one attached hydrogen (secondary N) is 1. The zero-order valence-corrected chi connectivity index (χ0v) is 12.9. The molecule has 1 aromatic rings. The second kappa shape index (κ2) is 5.19. The van der Waals surface area contributed by atoms with E-state index >= 15 is 0 Å². The molecule has 3 fully saturated rings. The van der Waals surface area contributed by atoms with Gasteiger partial charge in [-0.15, -0.1) is 5.10 Å². The number of aryl methyl sites for hydroxylation is 1. The van der Waals surface area contributed by atoms with Gasteiger partial charge in [-0.25, -0.2) is 0 Å². The van der Waals surface area contributed by atoms with Crippen LogP contribution < -0.4 is 10.2 Å². The van der Waals surface area contributed by atoms with Crippen LogP contribution in [0.1, 0.15) is 31.4 Å². The highest BCUT2D eigenvalue weighted by atomic mass is 16.5. The summed E-state index contributed by atoms with van der Waals surface area (Å²) in [6.45, 7) is 4.14. The summed E-state index contributed by atoms with van der Waals surface area (Å²) in [5.74, 6) is 1.02. The van der Waals surface area contributed by atoms with Gasteiger partial charge in [-0.05, 0) is 44.7 Å². The lowest BCUT2D eigenvalue weighted by Gasteiger charge is -2.42. The highest BCUT2D eigenvalue weighted by molar-refractivity contribution is 5.85. The third-order valence-electron chi connectivity index (χ3n) is 5.09. The maximum atomic E-state index is 12.8. The Labute approximate surface area is 130 Å². The first-order valence-electron chi connectivity index (χ1n) is 8.15. The van der Waals surface area contributed by atoms with E-state index in [1.54, 1.807) is 0 Å². The number of hydrogen-bond acceptors (Lipinski definition) is 5. The molecule has 2 saturated heterocycles. The molecular weight excluding hydrogens is 280 g/mol. The Morgan fingerprint density at radius 3 is 2.95 bits per heavy atom. The summed E-state index contributed by atoms with van der Waals surface area (Å²) in [6, 6.07) is 4.35. The van der Waals surface area contributed by atoms with Crippen molar-refractivity contribution in [1.29, 1.82) is 0 Å². The molecule has 0 radical (unpaired) electrons. The molecule has 0 bridgehead atoms. The minimum atomic E-state index is -0.423. The molecule has 118 valence electrons. The molecule has 6 nitrogen and oxygen atoms in total. The predicted molar refractivity (Wildman–Crippen MR) is 81.6 cm³/mol. The molecule has 2 atom stereocenters. The van der Waals surface area contributed by atoms with Gasteiger partial charge in [0.25, 0.3) is 0 Å². The zero-order valence-electron chi connectivity index (χ0n) is 12.9. The number of aromatic nitrogens is 2. The van der Waals surface area contributed by atoms with Crippen LogP contribution in [-0.2, 0) is 9.53 Å². The highest BCUT2D eigenvalue weighted by Gasteiger charge is 2.54. The van der Waals surface area contributed by atoms with Crippen molar-refractivity contribution >= 4 is 11.7 Å². The van der Waals surface area contributed by atoms with E-state index in [4.69, 9.17) is 4.74 Å². The number of carbonyl (C=O) groups is 1. The van der Waals surface area contributed by atoms with Crippen LogP contribution in [0.15, 0.2) is 12.1 Å². The first-order valence-corrected chi connectivity index (χ1v) is 8.15. The van der Waals surface area contributed by atoms with Gasteiger partial charge in [-0.3, -0.25) is 4.79 Å². The third-order valence-corrected chi connectivity index (χ3v) is 5.09. The number of fused-ring (bicyclic) bond motifs is 1. The fourth-order valence-electron chi connectivity index (χ4n) is 3.58. The summed E-state index contributed by atoms with van der Waals surface area (Å²) in [7, 11) is 0. The van der Waals surface area contributed by atoms with Gasteiger partial charge < -0.3 is 15.0 Å². The number of amides is 1. The number of carbonyl (C=O) groups excluding carboxylic acids is 1. The van der Waals surface area contributed by atoms with Crippen LogP contribution in [0.3, 0.4) is 0 Å². The molecular formula is C16H22N4O2. The van der Waals surface area contributed by atoms with Crippen molar-refractivity contribution in [2.45, 2.75) is 44.8 Å². The first kappa shape index (κ1) is 13.9. The normalized spacial score (nSPS) is 31.0. The van der Waals surface area contributed by atoms with E-state index in [0.717, 1.165) is 43.7 Å². The van der Waals surface area contributed by atoms with Gasteiger partial charge in [-0.1, -0.05) is 0 Å². The van der Waals surface area contributed by atoms with Gasteiger partial charge in [0.1, 0.15) is 0 Å². The van der Waals surface area contributed by atoms with Crippen LogP contribution in [0, 0.1) is 12.3 Å². The Balaban J connectivity index is 1.57. The van der Waals surface area contributed by atoms with Crippen LogP contribution in [0.5, 0.6) is 0 Å². The maximum absolute atomic E-state index is 12.8. The van der Waals surface area contributed by atoms with Gasteiger partial charge in [0.05, 0.1) is 17.2 Å². The minimum Gasteiger partial charge on any atom is -0.377 e. The van der Waals surface area contributed by atoms with Crippen molar-refractivity contribution in [2.24, 2.45) is 5.41 Å². The molecule has 22 heavy (non-hydrogen) atoms. The second-order valence-corrected chi connectivity index (χ2v) is 6.76. The molecule has 0 unspecified atom stereocenters. The molecule has 4 rings (SSSR count). The standard InChI is InChI=1S/C16H22N4O2/c1-11-2-5-14(19-18-11)20-8-6-13-16(10-20,7-9-22-13)15(21)17-12-3-4-12/h2,5,12-13H,3-4,6-10H2,1H3,(H,17,21)/t13-,16-/m1/s1. The number of nitrogens with zero attached hydrogens (tertiary/aromatic N) is 3. The molecule has 1 aromatic heterocycles. The van der Waals surface area contributed by atoms with Crippen molar-refractivity contribution in [3.8, 4) is 0 Å². The molecule has 3 aliphatic rings. The van der Waals surface area contributed by atoms with Crippen LogP contribution in [-0.4, -0.2) is 47.9 Å². The fraction of sp³-hybridized carbons (Fsp3) is 0.688. The molecule has 0 spiro atoms. The van der Waals surface area contributed by atoms with E-state index < -0.39 is 5.41 Å². The van der Waals surface area contributed by atoms with Gasteiger partial charge >= 0.3 is 0 Å². The topological polar surface area (TPSA) is 67.3 Å². The lowest BCUT2D eigenvalue weighted by Crippen LogP contribution is -2.57. The van der Waals surface area contributed by atoms with Crippen molar-refractivity contribution in [3.63, 3.8) is 0 Å². The quantitative estimate of drug-likeness (QED) is 0.904. The average Bonchev–Trinajstić information content (AvgIpc) is 3.23. The Hall–Kier alpha value is -1.69. The van der Waals surface area contributed by atoms with E-state index in [9.17, 15) is 4.79 Å². The second-order valence-electron chi connectivity index (χ2n) is 6.76. The van der Waals surface area contributed by atoms with Crippen molar-refractivity contribution in [3.05, 3.63) is 17.8 Å². The van der Waals surface area contributed by atoms with Crippen molar-refractivity contribution in [2.75, 3.05) is 24.6 Å². The number of hydrogen-bond donors (Lipinski definition) is 1. The largest absolute Gasteiger partial charge is 0.377 e. The summed E-state index contributed by atoms with van der Waals surface area (Å²) in [4.78, 5) is 15.0. The van der Waals surface area contributed by atoms with E-state index in [1.807, 2.05) is 19.1 Å². The summed E-state index contributed by atoms with van der Waals surface area (Å²) < 4.78 is 5.86. The smallest absolute Gasteiger partial charge is 0.230 e. The Bertz CT molecular complexity index is 572. The maximum Gasteiger partial charge on any atom is 0.230 e. The third kappa shape index (κ3) is 2.35. The summed E-state index contributed by atoms with van der Waals surface area (Å²) in [5, 5.41) is 11.6. The van der Waals surface area contributed by atoms with Crippen LogP contribution >= 0.6 is 0 Å². The fourth-order valence-corrected chi connectivity index (χ4v) is 3.58. The van der Waals surface area contributed by atoms with Crippen LogP contribution in [0.25, 0.3) is 0 Å². The molecule has 2 aliphatic heterocycles. The molecule has 1 N–H and O–H groups in total. The monoisotopic (exact) mass is 302 g/mol. The minimum absolute atomic E-state index is 0.0425. The molecule has 1 saturated carbocycles. The van der Waals surface area contributed by atoms with Gasteiger partial charge in [0.2, 0.25) is 5.91 Å². The highest BCUT2D eigenvalue weighted by Crippen LogP contribution is 2.42. The van der Waals surface area contributed by atoms with Gasteiger partial charge in [0, 0.05) is 25.7 Å². The Kier molecular flexibility index (Phi) is 3.29. The van der Waals surface area contributed by atoms with Crippen molar-refractivity contribution in [1.82, 2.24) is 15.5 Å². The molecule has 0 aromatic carbocycles. The van der Waals surface area contributed by atoms with Gasteiger partial charge in [0.15, 0.2) is 5.82 Å². The van der Waals surface area contributed by atoms with E-state index in [-0.39, 0.29) is 12.0 Å². The predicted octanol–water partition coefficient (Wildman–Crippen LogP) is 1.05. The molecule has 3 heterocycles. The SMILES string of the molecule is Cc1ccc(N2CC[C@H]3OCC[C@@]3(C(=O)NC3CC3)C2)nn1. The van der Waals surface area contributed by atoms with Crippen LogP contribution in [0.2, 0.25) is 0 Å². The molecule has 6 heteroatoms. The number of rotatable bonds is 3. The van der Waals surface area contributed by atoms with E-state index in [0.29, 0.717) is 19.2 Å². The van der Waals surface area contributed by atoms with Crippen molar-refractivity contribution < 1.29 is 9.53 Å². The summed E-state index contributed by atoms with van der Waals surface area (Å²) in [6.07, 6.45) is 3.93. The molecule has 1 amide bonds. The average molecular weight is 302 g/mol. The van der Waals surface area contributed by atoms with Crippen LogP contribution in [0.4, 0.5) is 5.82 Å². The van der Waals surface area contributed by atoms with E-state index in [1.165, 1.54) is 0 Å². The Morgan fingerprint density at radius 2 is 2.23 bits per heavy atom. The summed E-state index contributed by atoms with van der Waals surface area (Å²) >= 11 is 0.